The van der Waals surface area contributed by atoms with E-state index in [9.17, 15) is 9.90 Å². The maximum atomic E-state index is 12.2. The molecule has 0 aliphatic heterocycles. The van der Waals surface area contributed by atoms with Gasteiger partial charge in [0.1, 0.15) is 0 Å². The Kier molecular flexibility index (Phi) is 5.27. The first-order valence-electron chi connectivity index (χ1n) is 8.31. The van der Waals surface area contributed by atoms with Crippen molar-refractivity contribution in [2.45, 2.75) is 77.4 Å². The quantitative estimate of drug-likeness (QED) is 0.876. The number of aliphatic hydroxyl groups is 1. The first-order valence-corrected chi connectivity index (χ1v) is 8.31. The van der Waals surface area contributed by atoms with Gasteiger partial charge in [0.15, 0.2) is 0 Å². The van der Waals surface area contributed by atoms with Gasteiger partial charge in [-0.2, -0.15) is 5.10 Å². The van der Waals surface area contributed by atoms with Crippen LogP contribution in [0.3, 0.4) is 0 Å². The molecule has 1 fully saturated rings. The molecule has 124 valence electrons. The van der Waals surface area contributed by atoms with E-state index in [2.05, 4.69) is 17.3 Å². The van der Waals surface area contributed by atoms with E-state index in [-0.39, 0.29) is 18.4 Å². The molecule has 1 aromatic rings. The Hall–Kier alpha value is -1.36. The third kappa shape index (κ3) is 4.09. The molecule has 1 aliphatic rings. The van der Waals surface area contributed by atoms with E-state index in [4.69, 9.17) is 0 Å². The first-order chi connectivity index (χ1) is 10.3. The second-order valence-corrected chi connectivity index (χ2v) is 6.91. The predicted octanol–water partition coefficient (Wildman–Crippen LogP) is 2.17. The van der Waals surface area contributed by atoms with Gasteiger partial charge in [-0.15, -0.1) is 0 Å². The largest absolute Gasteiger partial charge is 0.389 e. The molecule has 0 radical (unpaired) electrons. The van der Waals surface area contributed by atoms with Crippen molar-refractivity contribution >= 4 is 5.91 Å². The normalized spacial score (nSPS) is 19.0. The molecule has 0 saturated heterocycles. The number of nitrogens with one attached hydrogen (secondary N) is 1. The van der Waals surface area contributed by atoms with Gasteiger partial charge in [0.2, 0.25) is 5.91 Å². The van der Waals surface area contributed by atoms with Crippen LogP contribution in [0.15, 0.2) is 0 Å². The Balaban J connectivity index is 1.88. The fourth-order valence-electron chi connectivity index (χ4n) is 3.48. The van der Waals surface area contributed by atoms with Crippen molar-refractivity contribution in [2.75, 3.05) is 0 Å². The van der Waals surface area contributed by atoms with Gasteiger partial charge < -0.3 is 10.4 Å². The highest BCUT2D eigenvalue weighted by Crippen LogP contribution is 2.30. The number of aryl methyl sites for hydroxylation is 2. The lowest BCUT2D eigenvalue weighted by Crippen LogP contribution is -2.41. The van der Waals surface area contributed by atoms with Crippen molar-refractivity contribution in [2.24, 2.45) is 7.05 Å². The van der Waals surface area contributed by atoms with Crippen LogP contribution in [0.25, 0.3) is 0 Å². The van der Waals surface area contributed by atoms with E-state index in [1.54, 1.807) is 0 Å². The van der Waals surface area contributed by atoms with E-state index in [0.717, 1.165) is 43.5 Å². The molecule has 1 saturated carbocycles. The van der Waals surface area contributed by atoms with Crippen molar-refractivity contribution < 1.29 is 9.90 Å². The van der Waals surface area contributed by atoms with Crippen LogP contribution in [-0.2, 0) is 18.3 Å². The van der Waals surface area contributed by atoms with Gasteiger partial charge in [0, 0.05) is 18.8 Å². The molecular formula is C17H29N3O2. The highest BCUT2D eigenvalue weighted by atomic mass is 16.3. The summed E-state index contributed by atoms with van der Waals surface area (Å²) in [6, 6.07) is 0.0429. The summed E-state index contributed by atoms with van der Waals surface area (Å²) in [6.07, 6.45) is 5.70. The zero-order valence-electron chi connectivity index (χ0n) is 14.3. The topological polar surface area (TPSA) is 67.2 Å². The van der Waals surface area contributed by atoms with Gasteiger partial charge in [0.25, 0.3) is 0 Å². The number of rotatable bonds is 5. The maximum Gasteiger partial charge on any atom is 0.223 e. The van der Waals surface area contributed by atoms with Gasteiger partial charge in [-0.1, -0.05) is 19.3 Å². The number of hydrogen-bond donors (Lipinski definition) is 2. The third-order valence-corrected chi connectivity index (χ3v) is 4.85. The van der Waals surface area contributed by atoms with Gasteiger partial charge in [-0.05, 0) is 45.6 Å². The molecule has 2 rings (SSSR count). The smallest absolute Gasteiger partial charge is 0.223 e. The standard InChI is InChI=1S/C17H29N3O2/c1-12(10-15-13(2)19-20(4)14(15)3)18-16(21)11-17(22)8-6-5-7-9-17/h12,22H,5-11H2,1-4H3,(H,18,21). The summed E-state index contributed by atoms with van der Waals surface area (Å²) in [6.45, 7) is 6.06. The van der Waals surface area contributed by atoms with Crippen molar-refractivity contribution in [1.82, 2.24) is 15.1 Å². The van der Waals surface area contributed by atoms with E-state index in [0.29, 0.717) is 0 Å². The van der Waals surface area contributed by atoms with E-state index >= 15 is 0 Å². The summed E-state index contributed by atoms with van der Waals surface area (Å²) >= 11 is 0. The van der Waals surface area contributed by atoms with Crippen LogP contribution in [0, 0.1) is 13.8 Å². The Labute approximate surface area is 133 Å². The maximum absolute atomic E-state index is 12.2. The summed E-state index contributed by atoms with van der Waals surface area (Å²) < 4.78 is 1.88. The number of carbonyl (C=O) groups excluding carboxylic acids is 1. The van der Waals surface area contributed by atoms with Gasteiger partial charge in [-0.25, -0.2) is 0 Å². The van der Waals surface area contributed by atoms with Crippen LogP contribution in [0.2, 0.25) is 0 Å². The van der Waals surface area contributed by atoms with Crippen LogP contribution in [0.1, 0.15) is 62.4 Å². The van der Waals surface area contributed by atoms with Crippen LogP contribution in [0.5, 0.6) is 0 Å². The second-order valence-electron chi connectivity index (χ2n) is 6.91. The summed E-state index contributed by atoms with van der Waals surface area (Å²) in [5.41, 5.74) is 2.57. The van der Waals surface area contributed by atoms with Crippen molar-refractivity contribution in [3.05, 3.63) is 17.0 Å². The lowest BCUT2D eigenvalue weighted by molar-refractivity contribution is -0.128. The molecule has 1 aliphatic carbocycles. The Bertz CT molecular complexity index is 530. The molecule has 1 unspecified atom stereocenters. The summed E-state index contributed by atoms with van der Waals surface area (Å²) in [5, 5.41) is 17.9. The van der Waals surface area contributed by atoms with E-state index in [1.807, 2.05) is 25.6 Å². The van der Waals surface area contributed by atoms with Gasteiger partial charge >= 0.3 is 0 Å². The molecule has 0 aromatic carbocycles. The molecule has 22 heavy (non-hydrogen) atoms. The van der Waals surface area contributed by atoms with Crippen LogP contribution in [-0.4, -0.2) is 32.4 Å². The van der Waals surface area contributed by atoms with E-state index in [1.165, 1.54) is 12.0 Å². The number of amides is 1. The number of aromatic nitrogens is 2. The van der Waals surface area contributed by atoms with E-state index < -0.39 is 5.60 Å². The molecule has 0 spiro atoms. The highest BCUT2D eigenvalue weighted by molar-refractivity contribution is 5.77. The fourth-order valence-corrected chi connectivity index (χ4v) is 3.48. The lowest BCUT2D eigenvalue weighted by Gasteiger charge is -2.31. The average Bonchev–Trinajstić information content (AvgIpc) is 2.65. The minimum absolute atomic E-state index is 0.0429. The van der Waals surface area contributed by atoms with Crippen molar-refractivity contribution in [1.29, 1.82) is 0 Å². The summed E-state index contributed by atoms with van der Waals surface area (Å²) in [7, 11) is 1.94. The molecular weight excluding hydrogens is 278 g/mol. The van der Waals surface area contributed by atoms with Crippen molar-refractivity contribution in [3.8, 4) is 0 Å². The SMILES string of the molecule is Cc1nn(C)c(C)c1CC(C)NC(=O)CC1(O)CCCCC1. The molecule has 1 aromatic heterocycles. The van der Waals surface area contributed by atoms with Crippen LogP contribution in [0.4, 0.5) is 0 Å². The number of nitrogens with zero attached hydrogens (tertiary/aromatic N) is 2. The van der Waals surface area contributed by atoms with Crippen LogP contribution < -0.4 is 5.32 Å². The minimum atomic E-state index is -0.789. The molecule has 1 atom stereocenters. The zero-order chi connectivity index (χ0) is 16.3. The van der Waals surface area contributed by atoms with Crippen molar-refractivity contribution in [3.63, 3.8) is 0 Å². The minimum Gasteiger partial charge on any atom is -0.389 e. The third-order valence-electron chi connectivity index (χ3n) is 4.85. The predicted molar refractivity (Wildman–Crippen MR) is 86.6 cm³/mol. The molecule has 0 bridgehead atoms. The molecule has 5 heteroatoms. The Morgan fingerprint density at radius 3 is 2.55 bits per heavy atom. The molecule has 1 heterocycles. The first kappa shape index (κ1) is 17.0. The van der Waals surface area contributed by atoms with Gasteiger partial charge in [0.05, 0.1) is 17.7 Å². The molecule has 2 N–H and O–H groups in total. The molecule has 1 amide bonds. The molecule has 5 nitrogen and oxygen atoms in total. The second kappa shape index (κ2) is 6.82. The monoisotopic (exact) mass is 307 g/mol. The lowest BCUT2D eigenvalue weighted by atomic mass is 9.82. The highest BCUT2D eigenvalue weighted by Gasteiger charge is 2.32. The average molecular weight is 307 g/mol. The number of hydrogen-bond acceptors (Lipinski definition) is 3. The fraction of sp³-hybridized carbons (Fsp3) is 0.765. The van der Waals surface area contributed by atoms with Crippen LogP contribution >= 0.6 is 0 Å². The zero-order valence-corrected chi connectivity index (χ0v) is 14.3. The number of carbonyl (C=O) groups is 1. The summed E-state index contributed by atoms with van der Waals surface area (Å²) in [5.74, 6) is -0.0453. The van der Waals surface area contributed by atoms with Gasteiger partial charge in [-0.3, -0.25) is 9.48 Å². The Morgan fingerprint density at radius 1 is 1.36 bits per heavy atom. The summed E-state index contributed by atoms with van der Waals surface area (Å²) in [4.78, 5) is 12.2. The Morgan fingerprint density at radius 2 is 2.00 bits per heavy atom.